The van der Waals surface area contributed by atoms with Gasteiger partial charge in [0.2, 0.25) is 11.8 Å². The summed E-state index contributed by atoms with van der Waals surface area (Å²) in [6, 6.07) is 6.70. The van der Waals surface area contributed by atoms with E-state index < -0.39 is 41.6 Å². The molecule has 1 saturated heterocycles. The topological polar surface area (TPSA) is 124 Å². The van der Waals surface area contributed by atoms with Crippen molar-refractivity contribution >= 4 is 17.8 Å². The van der Waals surface area contributed by atoms with E-state index in [0.717, 1.165) is 11.6 Å². The second kappa shape index (κ2) is 12.8. The summed E-state index contributed by atoms with van der Waals surface area (Å²) in [4.78, 5) is 38.5. The predicted octanol–water partition coefficient (Wildman–Crippen LogP) is 2.44. The summed E-state index contributed by atoms with van der Waals surface area (Å²) in [5.74, 6) is -4.83. The number of rotatable bonds is 11. The molecule has 0 radical (unpaired) electrons. The SMILES string of the molecule is CC(C)[C@@H](Oc1ccc(CNC(=O)[C@@H]2CCCN2C(=O)CC([NH3+])Cc2cc(F)c(F)cc2F)cc1)C(=O)O. The quantitative estimate of drug-likeness (QED) is 0.381. The Kier molecular flexibility index (Phi) is 9.73. The third-order valence-corrected chi connectivity index (χ3v) is 6.44. The summed E-state index contributed by atoms with van der Waals surface area (Å²) in [6.45, 7) is 4.11. The lowest BCUT2D eigenvalue weighted by atomic mass is 10.0. The van der Waals surface area contributed by atoms with E-state index >= 15 is 0 Å². The highest BCUT2D eigenvalue weighted by molar-refractivity contribution is 5.88. The molecule has 38 heavy (non-hydrogen) atoms. The standard InChI is InChI=1S/C27H32F3N3O5/c1-15(2)25(27(36)37)38-19-7-5-16(6-8-19)14-32-26(35)23-4-3-9-33(23)24(34)12-18(31)10-17-11-21(29)22(30)13-20(17)28/h5-8,11,13,15,18,23,25H,3-4,9-10,12,14,31H2,1-2H3,(H,32,35)(H,36,37)/p+1/t18?,23-,25+/m0/s1. The van der Waals surface area contributed by atoms with Crippen molar-refractivity contribution in [3.05, 3.63) is 65.0 Å². The van der Waals surface area contributed by atoms with Gasteiger partial charge in [0.1, 0.15) is 17.6 Å². The third-order valence-electron chi connectivity index (χ3n) is 6.44. The smallest absolute Gasteiger partial charge is 0.345 e. The summed E-state index contributed by atoms with van der Waals surface area (Å²) in [5.41, 5.74) is 4.56. The maximum Gasteiger partial charge on any atom is 0.345 e. The molecule has 1 aliphatic heterocycles. The van der Waals surface area contributed by atoms with E-state index in [2.05, 4.69) is 11.1 Å². The number of carboxylic acid groups (broad SMARTS) is 1. The van der Waals surface area contributed by atoms with Crippen LogP contribution in [0.4, 0.5) is 13.2 Å². The van der Waals surface area contributed by atoms with Crippen molar-refractivity contribution < 1.29 is 43.1 Å². The van der Waals surface area contributed by atoms with Crippen molar-refractivity contribution in [1.82, 2.24) is 10.2 Å². The lowest BCUT2D eigenvalue weighted by Crippen LogP contribution is -2.63. The second-order valence-electron chi connectivity index (χ2n) is 9.86. The number of carbonyl (C=O) groups excluding carboxylic acids is 2. The van der Waals surface area contributed by atoms with E-state index in [1.165, 1.54) is 4.90 Å². The summed E-state index contributed by atoms with van der Waals surface area (Å²) in [7, 11) is 0. The zero-order valence-electron chi connectivity index (χ0n) is 21.4. The third kappa shape index (κ3) is 7.47. The Labute approximate surface area is 218 Å². The predicted molar refractivity (Wildman–Crippen MR) is 131 cm³/mol. The molecule has 2 aromatic rings. The van der Waals surface area contributed by atoms with Gasteiger partial charge in [-0.05, 0) is 42.2 Å². The van der Waals surface area contributed by atoms with Crippen molar-refractivity contribution in [2.45, 2.75) is 64.3 Å². The van der Waals surface area contributed by atoms with Crippen LogP contribution in [0.15, 0.2) is 36.4 Å². The molecule has 0 saturated carbocycles. The average Bonchev–Trinajstić information content (AvgIpc) is 3.35. The minimum atomic E-state index is -1.28. The molecule has 3 atom stereocenters. The van der Waals surface area contributed by atoms with Crippen LogP contribution in [-0.4, -0.2) is 52.5 Å². The van der Waals surface area contributed by atoms with E-state index in [1.54, 1.807) is 38.1 Å². The number of halogens is 3. The van der Waals surface area contributed by atoms with E-state index in [1.807, 2.05) is 0 Å². The highest BCUT2D eigenvalue weighted by Gasteiger charge is 2.35. The van der Waals surface area contributed by atoms with Gasteiger partial charge < -0.3 is 25.8 Å². The lowest BCUT2D eigenvalue weighted by Gasteiger charge is -2.25. The van der Waals surface area contributed by atoms with E-state index in [4.69, 9.17) is 4.74 Å². The van der Waals surface area contributed by atoms with Gasteiger partial charge in [0.15, 0.2) is 17.7 Å². The fourth-order valence-corrected chi connectivity index (χ4v) is 4.42. The summed E-state index contributed by atoms with van der Waals surface area (Å²) < 4.78 is 46.1. The van der Waals surface area contributed by atoms with Gasteiger partial charge in [-0.25, -0.2) is 18.0 Å². The second-order valence-corrected chi connectivity index (χ2v) is 9.86. The fraction of sp³-hybridized carbons (Fsp3) is 0.444. The molecule has 1 fully saturated rings. The molecule has 0 aromatic heterocycles. The minimum Gasteiger partial charge on any atom is -0.478 e. The Bertz CT molecular complexity index is 1160. The Morgan fingerprint density at radius 3 is 2.39 bits per heavy atom. The fourth-order valence-electron chi connectivity index (χ4n) is 4.42. The summed E-state index contributed by atoms with van der Waals surface area (Å²) in [6.07, 6.45) is 0.0486. The number of carbonyl (C=O) groups is 3. The number of quaternary nitrogens is 1. The number of aliphatic carboxylic acids is 1. The number of likely N-dealkylation sites (tertiary alicyclic amines) is 1. The van der Waals surface area contributed by atoms with Gasteiger partial charge in [-0.1, -0.05) is 26.0 Å². The molecule has 206 valence electrons. The summed E-state index contributed by atoms with van der Waals surface area (Å²) >= 11 is 0. The van der Waals surface area contributed by atoms with Gasteiger partial charge in [-0.3, -0.25) is 9.59 Å². The average molecular weight is 537 g/mol. The number of nitrogens with zero attached hydrogens (tertiary/aromatic N) is 1. The molecule has 1 unspecified atom stereocenters. The van der Waals surface area contributed by atoms with Gasteiger partial charge in [-0.15, -0.1) is 0 Å². The number of benzene rings is 2. The van der Waals surface area contributed by atoms with Gasteiger partial charge in [-0.2, -0.15) is 0 Å². The zero-order chi connectivity index (χ0) is 28.0. The van der Waals surface area contributed by atoms with Crippen LogP contribution >= 0.6 is 0 Å². The molecule has 2 aromatic carbocycles. The number of nitrogens with one attached hydrogen (secondary N) is 1. The minimum absolute atomic E-state index is 0.0520. The van der Waals surface area contributed by atoms with Crippen LogP contribution in [0.25, 0.3) is 0 Å². The molecule has 5 N–H and O–H groups in total. The van der Waals surface area contributed by atoms with Crippen LogP contribution in [0.2, 0.25) is 0 Å². The first-order chi connectivity index (χ1) is 18.0. The highest BCUT2D eigenvalue weighted by atomic mass is 19.2. The maximum atomic E-state index is 14.0. The molecule has 0 spiro atoms. The van der Waals surface area contributed by atoms with Crippen molar-refractivity contribution in [3.63, 3.8) is 0 Å². The number of hydrogen-bond donors (Lipinski definition) is 3. The first-order valence-corrected chi connectivity index (χ1v) is 12.5. The van der Waals surface area contributed by atoms with Crippen LogP contribution in [-0.2, 0) is 27.3 Å². The van der Waals surface area contributed by atoms with Gasteiger partial charge >= 0.3 is 5.97 Å². The van der Waals surface area contributed by atoms with E-state index in [9.17, 15) is 32.7 Å². The Morgan fingerprint density at radius 1 is 1.11 bits per heavy atom. The van der Waals surface area contributed by atoms with Crippen LogP contribution in [0.1, 0.15) is 44.2 Å². The van der Waals surface area contributed by atoms with Crippen LogP contribution in [0.5, 0.6) is 5.75 Å². The molecule has 0 aliphatic carbocycles. The molecule has 2 amide bonds. The van der Waals surface area contributed by atoms with Gasteiger partial charge in [0.05, 0.1) is 12.5 Å². The van der Waals surface area contributed by atoms with E-state index in [-0.39, 0.29) is 42.7 Å². The van der Waals surface area contributed by atoms with Gasteiger partial charge in [0.25, 0.3) is 0 Å². The van der Waals surface area contributed by atoms with E-state index in [0.29, 0.717) is 31.2 Å². The van der Waals surface area contributed by atoms with Crippen molar-refractivity contribution in [2.75, 3.05) is 6.54 Å². The molecule has 8 nitrogen and oxygen atoms in total. The molecule has 11 heteroatoms. The molecular formula is C27H33F3N3O5+. The molecule has 1 aliphatic rings. The van der Waals surface area contributed by atoms with Crippen LogP contribution in [0.3, 0.4) is 0 Å². The maximum absolute atomic E-state index is 14.0. The molecule has 3 rings (SSSR count). The van der Waals surface area contributed by atoms with Gasteiger partial charge in [0, 0.05) is 31.5 Å². The zero-order valence-corrected chi connectivity index (χ0v) is 21.4. The first kappa shape index (κ1) is 29.0. The van der Waals surface area contributed by atoms with Crippen LogP contribution in [0, 0.1) is 23.4 Å². The van der Waals surface area contributed by atoms with Crippen LogP contribution < -0.4 is 15.8 Å². The highest BCUT2D eigenvalue weighted by Crippen LogP contribution is 2.21. The number of ether oxygens (including phenoxy) is 1. The summed E-state index contributed by atoms with van der Waals surface area (Å²) in [5, 5.41) is 12.1. The lowest BCUT2D eigenvalue weighted by molar-refractivity contribution is -0.418. The Hall–Kier alpha value is -3.60. The Morgan fingerprint density at radius 2 is 1.76 bits per heavy atom. The normalized spacial score (nSPS) is 16.8. The number of carboxylic acids is 1. The molecule has 1 heterocycles. The monoisotopic (exact) mass is 536 g/mol. The Balaban J connectivity index is 1.52. The first-order valence-electron chi connectivity index (χ1n) is 12.5. The molecular weight excluding hydrogens is 503 g/mol. The van der Waals surface area contributed by atoms with Crippen molar-refractivity contribution in [3.8, 4) is 5.75 Å². The van der Waals surface area contributed by atoms with Crippen molar-refractivity contribution in [1.29, 1.82) is 0 Å². The largest absolute Gasteiger partial charge is 0.478 e. The number of hydrogen-bond acceptors (Lipinski definition) is 4. The molecule has 0 bridgehead atoms. The van der Waals surface area contributed by atoms with Crippen molar-refractivity contribution in [2.24, 2.45) is 5.92 Å². The number of amides is 2.